The van der Waals surface area contributed by atoms with Gasteiger partial charge in [-0.25, -0.2) is 0 Å². The molecule has 2 aliphatic heterocycles. The molecule has 6 nitrogen and oxygen atoms in total. The maximum Gasteiger partial charge on any atom is 0.271 e. The van der Waals surface area contributed by atoms with Gasteiger partial charge in [0.2, 0.25) is 0 Å². The molecule has 0 amide bonds. The molecule has 2 saturated heterocycles. The van der Waals surface area contributed by atoms with E-state index in [-0.39, 0.29) is 5.69 Å². The van der Waals surface area contributed by atoms with Crippen molar-refractivity contribution in [3.05, 3.63) is 28.3 Å². The summed E-state index contributed by atoms with van der Waals surface area (Å²) in [6, 6.07) is 5.77. The lowest BCUT2D eigenvalue weighted by molar-refractivity contribution is -0.384. The Balaban J connectivity index is 1.86. The van der Waals surface area contributed by atoms with E-state index in [1.807, 2.05) is 0 Å². The van der Waals surface area contributed by atoms with E-state index < -0.39 is 4.92 Å². The summed E-state index contributed by atoms with van der Waals surface area (Å²) in [6.07, 6.45) is 2.50. The van der Waals surface area contributed by atoms with Crippen LogP contribution in [0.4, 0.5) is 17.1 Å². The number of fused-ring (bicyclic) bond motifs is 1. The topological polar surface area (TPSA) is 75.6 Å². The molecule has 2 fully saturated rings. The van der Waals surface area contributed by atoms with Gasteiger partial charge in [0.15, 0.2) is 0 Å². The molecule has 2 unspecified atom stereocenters. The summed E-state index contributed by atoms with van der Waals surface area (Å²) in [6.45, 7) is 5.39. The molecule has 108 valence electrons. The fourth-order valence-corrected chi connectivity index (χ4v) is 3.44. The molecular formula is C14H20N4O2. The largest absolute Gasteiger partial charge is 0.397 e. The molecule has 0 aromatic heterocycles. The van der Waals surface area contributed by atoms with Crippen molar-refractivity contribution in [3.8, 4) is 0 Å². The number of nitrogen functional groups attached to an aromatic ring is 1. The summed E-state index contributed by atoms with van der Waals surface area (Å²) in [4.78, 5) is 15.2. The second kappa shape index (κ2) is 4.94. The zero-order valence-electron chi connectivity index (χ0n) is 11.7. The monoisotopic (exact) mass is 276 g/mol. The molecule has 0 spiro atoms. The van der Waals surface area contributed by atoms with Crippen LogP contribution in [0.2, 0.25) is 0 Å². The average molecular weight is 276 g/mol. The normalized spacial score (nSPS) is 26.6. The van der Waals surface area contributed by atoms with Crippen LogP contribution in [0, 0.1) is 10.1 Å². The van der Waals surface area contributed by atoms with E-state index in [4.69, 9.17) is 5.73 Å². The van der Waals surface area contributed by atoms with Crippen molar-refractivity contribution in [3.63, 3.8) is 0 Å². The van der Waals surface area contributed by atoms with E-state index >= 15 is 0 Å². The van der Waals surface area contributed by atoms with E-state index in [0.717, 1.165) is 18.8 Å². The van der Waals surface area contributed by atoms with Crippen molar-refractivity contribution in [1.82, 2.24) is 4.90 Å². The van der Waals surface area contributed by atoms with Crippen molar-refractivity contribution in [2.75, 3.05) is 30.3 Å². The van der Waals surface area contributed by atoms with Gasteiger partial charge in [-0.2, -0.15) is 0 Å². The van der Waals surface area contributed by atoms with E-state index in [0.29, 0.717) is 17.8 Å². The molecule has 0 saturated carbocycles. The summed E-state index contributed by atoms with van der Waals surface area (Å²) in [5.41, 5.74) is 7.51. The Kier molecular flexibility index (Phi) is 3.25. The Bertz CT molecular complexity index is 534. The van der Waals surface area contributed by atoms with Crippen LogP contribution in [0.3, 0.4) is 0 Å². The Morgan fingerprint density at radius 2 is 2.20 bits per heavy atom. The standard InChI is InChI=1S/C14H20N4O2/c1-10-8-16-6-2-3-12(16)9-17(10)14-5-4-11(18(19)20)7-13(14)15/h4-5,7,10,12H,2-3,6,8-9,15H2,1H3. The highest BCUT2D eigenvalue weighted by molar-refractivity contribution is 5.71. The number of nitro benzene ring substituents is 1. The van der Waals surface area contributed by atoms with Gasteiger partial charge < -0.3 is 10.6 Å². The smallest absolute Gasteiger partial charge is 0.271 e. The van der Waals surface area contributed by atoms with Crippen LogP contribution in [0.1, 0.15) is 19.8 Å². The first-order valence-electron chi connectivity index (χ1n) is 7.11. The molecule has 1 aromatic rings. The summed E-state index contributed by atoms with van der Waals surface area (Å²) in [5.74, 6) is 0. The van der Waals surface area contributed by atoms with Crippen LogP contribution in [0.25, 0.3) is 0 Å². The summed E-state index contributed by atoms with van der Waals surface area (Å²) in [7, 11) is 0. The van der Waals surface area contributed by atoms with Gasteiger partial charge in [0.25, 0.3) is 5.69 Å². The third-order valence-electron chi connectivity index (χ3n) is 4.47. The lowest BCUT2D eigenvalue weighted by Gasteiger charge is -2.44. The highest BCUT2D eigenvalue weighted by Crippen LogP contribution is 2.33. The number of non-ortho nitro benzene ring substituents is 1. The van der Waals surface area contributed by atoms with Crippen LogP contribution < -0.4 is 10.6 Å². The molecule has 2 atom stereocenters. The van der Waals surface area contributed by atoms with Crippen molar-refractivity contribution >= 4 is 17.1 Å². The van der Waals surface area contributed by atoms with Crippen LogP contribution in [0.5, 0.6) is 0 Å². The first-order valence-corrected chi connectivity index (χ1v) is 7.11. The van der Waals surface area contributed by atoms with Gasteiger partial charge in [0, 0.05) is 37.3 Å². The van der Waals surface area contributed by atoms with Gasteiger partial charge in [0.05, 0.1) is 16.3 Å². The molecule has 3 rings (SSSR count). The maximum atomic E-state index is 10.8. The molecule has 1 aromatic carbocycles. The Labute approximate surface area is 118 Å². The molecule has 0 bridgehead atoms. The number of nitro groups is 1. The van der Waals surface area contributed by atoms with Gasteiger partial charge >= 0.3 is 0 Å². The number of hydrogen-bond donors (Lipinski definition) is 1. The Morgan fingerprint density at radius 1 is 1.40 bits per heavy atom. The van der Waals surface area contributed by atoms with Gasteiger partial charge in [0.1, 0.15) is 0 Å². The minimum atomic E-state index is -0.404. The summed E-state index contributed by atoms with van der Waals surface area (Å²) in [5, 5.41) is 10.8. The van der Waals surface area contributed by atoms with Crippen LogP contribution >= 0.6 is 0 Å². The molecule has 2 N–H and O–H groups in total. The van der Waals surface area contributed by atoms with Crippen LogP contribution in [0.15, 0.2) is 18.2 Å². The number of piperazine rings is 1. The van der Waals surface area contributed by atoms with Gasteiger partial charge in [-0.3, -0.25) is 15.0 Å². The summed E-state index contributed by atoms with van der Waals surface area (Å²) >= 11 is 0. The maximum absolute atomic E-state index is 10.8. The zero-order chi connectivity index (χ0) is 14.3. The number of nitrogens with zero attached hydrogens (tertiary/aromatic N) is 3. The van der Waals surface area contributed by atoms with E-state index in [1.165, 1.54) is 25.5 Å². The number of hydrogen-bond acceptors (Lipinski definition) is 5. The fraction of sp³-hybridized carbons (Fsp3) is 0.571. The van der Waals surface area contributed by atoms with Crippen molar-refractivity contribution in [2.24, 2.45) is 0 Å². The van der Waals surface area contributed by atoms with Crippen molar-refractivity contribution in [1.29, 1.82) is 0 Å². The van der Waals surface area contributed by atoms with E-state index in [1.54, 1.807) is 12.1 Å². The van der Waals surface area contributed by atoms with Gasteiger partial charge in [-0.05, 0) is 32.4 Å². The minimum absolute atomic E-state index is 0.0541. The highest BCUT2D eigenvalue weighted by atomic mass is 16.6. The highest BCUT2D eigenvalue weighted by Gasteiger charge is 2.35. The molecule has 2 heterocycles. The Hall–Kier alpha value is -1.82. The van der Waals surface area contributed by atoms with Gasteiger partial charge in [-0.15, -0.1) is 0 Å². The third-order valence-corrected chi connectivity index (χ3v) is 4.47. The first kappa shape index (κ1) is 13.2. The van der Waals surface area contributed by atoms with E-state index in [9.17, 15) is 10.1 Å². The Morgan fingerprint density at radius 3 is 2.90 bits per heavy atom. The number of rotatable bonds is 2. The molecular weight excluding hydrogens is 256 g/mol. The van der Waals surface area contributed by atoms with Crippen LogP contribution in [-0.2, 0) is 0 Å². The SMILES string of the molecule is CC1CN2CCCC2CN1c1ccc([N+](=O)[O-])cc1N. The van der Waals surface area contributed by atoms with E-state index in [2.05, 4.69) is 16.7 Å². The third kappa shape index (κ3) is 2.20. The molecule has 2 aliphatic rings. The molecule has 0 radical (unpaired) electrons. The van der Waals surface area contributed by atoms with Gasteiger partial charge in [-0.1, -0.05) is 0 Å². The lowest BCUT2D eigenvalue weighted by Crippen LogP contribution is -2.55. The first-order chi connectivity index (χ1) is 9.56. The second-order valence-electron chi connectivity index (χ2n) is 5.79. The van der Waals surface area contributed by atoms with Crippen molar-refractivity contribution < 1.29 is 4.92 Å². The minimum Gasteiger partial charge on any atom is -0.397 e. The number of benzene rings is 1. The lowest BCUT2D eigenvalue weighted by atomic mass is 10.1. The predicted molar refractivity (Wildman–Crippen MR) is 78.9 cm³/mol. The second-order valence-corrected chi connectivity index (χ2v) is 5.79. The average Bonchev–Trinajstić information content (AvgIpc) is 2.84. The van der Waals surface area contributed by atoms with Crippen LogP contribution in [-0.4, -0.2) is 41.5 Å². The predicted octanol–water partition coefficient (Wildman–Crippen LogP) is 1.85. The van der Waals surface area contributed by atoms with Crippen molar-refractivity contribution in [2.45, 2.75) is 31.8 Å². The zero-order valence-corrected chi connectivity index (χ0v) is 11.7. The quantitative estimate of drug-likeness (QED) is 0.507. The molecule has 0 aliphatic carbocycles. The molecule has 6 heteroatoms. The summed E-state index contributed by atoms with van der Waals surface area (Å²) < 4.78 is 0. The number of nitrogens with two attached hydrogens (primary N) is 1. The molecule has 20 heavy (non-hydrogen) atoms. The fourth-order valence-electron chi connectivity index (χ4n) is 3.44. The number of anilines is 2.